The summed E-state index contributed by atoms with van der Waals surface area (Å²) in [6, 6.07) is 7.66. The van der Waals surface area contributed by atoms with Crippen LogP contribution in [0, 0.1) is 0 Å². The van der Waals surface area contributed by atoms with Crippen molar-refractivity contribution in [1.29, 1.82) is 0 Å². The van der Waals surface area contributed by atoms with Gasteiger partial charge in [0.05, 0.1) is 6.54 Å². The van der Waals surface area contributed by atoms with Crippen LogP contribution in [0.4, 0.5) is 0 Å². The third kappa shape index (κ3) is 2.47. The van der Waals surface area contributed by atoms with E-state index in [0.29, 0.717) is 11.6 Å². The molecule has 0 amide bonds. The summed E-state index contributed by atoms with van der Waals surface area (Å²) in [6.45, 7) is 0.519. The van der Waals surface area contributed by atoms with Gasteiger partial charge in [0.2, 0.25) is 0 Å². The lowest BCUT2D eigenvalue weighted by Gasteiger charge is -2.04. The first-order chi connectivity index (χ1) is 9.25. The van der Waals surface area contributed by atoms with E-state index < -0.39 is 0 Å². The van der Waals surface area contributed by atoms with Crippen LogP contribution < -0.4 is 5.56 Å². The second-order valence-electron chi connectivity index (χ2n) is 5.11. The van der Waals surface area contributed by atoms with E-state index in [-0.39, 0.29) is 5.56 Å². The van der Waals surface area contributed by atoms with Crippen molar-refractivity contribution in [2.75, 3.05) is 0 Å². The third-order valence-electron chi connectivity index (χ3n) is 3.78. The van der Waals surface area contributed by atoms with Gasteiger partial charge in [-0.15, -0.1) is 0 Å². The lowest BCUT2D eigenvalue weighted by Crippen LogP contribution is -2.20. The van der Waals surface area contributed by atoms with Crippen LogP contribution in [0.1, 0.15) is 36.1 Å². The van der Waals surface area contributed by atoms with Crippen molar-refractivity contribution < 1.29 is 0 Å². The number of aryl methyl sites for hydroxylation is 1. The van der Waals surface area contributed by atoms with Gasteiger partial charge in [0.25, 0.3) is 5.56 Å². The third-order valence-corrected chi connectivity index (χ3v) is 4.15. The van der Waals surface area contributed by atoms with Crippen molar-refractivity contribution >= 4 is 11.6 Å². The van der Waals surface area contributed by atoms with Crippen LogP contribution in [0.2, 0.25) is 5.02 Å². The maximum Gasteiger partial charge on any atom is 0.270 e. The van der Waals surface area contributed by atoms with E-state index in [0.717, 1.165) is 36.1 Å². The molecule has 0 spiro atoms. The van der Waals surface area contributed by atoms with Crippen molar-refractivity contribution in [2.45, 2.75) is 38.6 Å². The molecule has 1 N–H and O–H groups in total. The number of aromatic nitrogens is 2. The van der Waals surface area contributed by atoms with Gasteiger partial charge in [0.15, 0.2) is 0 Å². The molecule has 0 saturated heterocycles. The molecule has 100 valence electrons. The molecule has 3 rings (SSSR count). The normalized spacial score (nSPS) is 15.0. The highest BCUT2D eigenvalue weighted by molar-refractivity contribution is 6.31. The molecular weight excluding hydrogens is 260 g/mol. The Labute approximate surface area is 117 Å². The lowest BCUT2D eigenvalue weighted by atomic mass is 10.1. The number of benzene rings is 1. The average Bonchev–Trinajstić information content (AvgIpc) is 2.60. The summed E-state index contributed by atoms with van der Waals surface area (Å²) in [5.41, 5.74) is 3.19. The molecule has 0 radical (unpaired) electrons. The zero-order valence-corrected chi connectivity index (χ0v) is 11.5. The second-order valence-corrected chi connectivity index (χ2v) is 5.52. The fourth-order valence-electron chi connectivity index (χ4n) is 2.73. The van der Waals surface area contributed by atoms with E-state index >= 15 is 0 Å². The van der Waals surface area contributed by atoms with Gasteiger partial charge in [-0.2, -0.15) is 0 Å². The minimum atomic E-state index is 0.122. The number of hydrogen-bond donors (Lipinski definition) is 1. The molecule has 4 heteroatoms. The molecule has 0 fully saturated rings. The van der Waals surface area contributed by atoms with E-state index in [9.17, 15) is 4.79 Å². The van der Waals surface area contributed by atoms with Gasteiger partial charge < -0.3 is 0 Å². The van der Waals surface area contributed by atoms with Crippen LogP contribution in [0.25, 0.3) is 0 Å². The van der Waals surface area contributed by atoms with Crippen LogP contribution in [0.15, 0.2) is 29.1 Å². The highest BCUT2D eigenvalue weighted by atomic mass is 35.5. The zero-order chi connectivity index (χ0) is 13.2. The van der Waals surface area contributed by atoms with Crippen molar-refractivity contribution in [3.63, 3.8) is 0 Å². The summed E-state index contributed by atoms with van der Waals surface area (Å²) in [5.74, 6) is 0. The van der Waals surface area contributed by atoms with Crippen molar-refractivity contribution in [3.8, 4) is 0 Å². The van der Waals surface area contributed by atoms with Gasteiger partial charge in [0.1, 0.15) is 0 Å². The molecule has 3 nitrogen and oxygen atoms in total. The molecule has 0 bridgehead atoms. The molecule has 19 heavy (non-hydrogen) atoms. The predicted octanol–water partition coefficient (Wildman–Crippen LogP) is 3.15. The van der Waals surface area contributed by atoms with E-state index in [1.165, 1.54) is 12.8 Å². The molecule has 1 aromatic carbocycles. The molecule has 0 unspecified atom stereocenters. The number of hydrogen-bond acceptors (Lipinski definition) is 1. The van der Waals surface area contributed by atoms with Gasteiger partial charge in [-0.1, -0.05) is 36.2 Å². The van der Waals surface area contributed by atoms with E-state index in [2.05, 4.69) is 5.10 Å². The molecule has 1 heterocycles. The first-order valence-electron chi connectivity index (χ1n) is 6.79. The van der Waals surface area contributed by atoms with Gasteiger partial charge in [-0.05, 0) is 37.3 Å². The average molecular weight is 277 g/mol. The summed E-state index contributed by atoms with van der Waals surface area (Å²) >= 11 is 6.15. The standard InChI is InChI=1S/C15H17ClN2O/c16-13-8-5-4-6-11(13)10-18-15(19)12-7-2-1-3-9-14(12)17-18/h4-6,8,17H,1-3,7,9-10H2. The lowest BCUT2D eigenvalue weighted by molar-refractivity contribution is 0.630. The maximum absolute atomic E-state index is 12.4. The summed E-state index contributed by atoms with van der Waals surface area (Å²) < 4.78 is 1.69. The number of nitrogens with one attached hydrogen (secondary N) is 1. The van der Waals surface area contributed by atoms with Gasteiger partial charge in [-0.3, -0.25) is 9.89 Å². The Morgan fingerprint density at radius 1 is 1.16 bits per heavy atom. The number of H-pyrrole nitrogens is 1. The Morgan fingerprint density at radius 2 is 1.95 bits per heavy atom. The number of rotatable bonds is 2. The highest BCUT2D eigenvalue weighted by Gasteiger charge is 2.16. The first kappa shape index (κ1) is 12.5. The SMILES string of the molecule is O=c1c2c([nH]n1Cc1ccccc1Cl)CCCCC2. The van der Waals surface area contributed by atoms with Crippen molar-refractivity contribution in [2.24, 2.45) is 0 Å². The predicted molar refractivity (Wildman–Crippen MR) is 76.9 cm³/mol. The fourth-order valence-corrected chi connectivity index (χ4v) is 2.92. The molecule has 0 saturated carbocycles. The first-order valence-corrected chi connectivity index (χ1v) is 7.17. The summed E-state index contributed by atoms with van der Waals surface area (Å²) in [4.78, 5) is 12.4. The molecule has 1 aromatic heterocycles. The van der Waals surface area contributed by atoms with Crippen LogP contribution in [0.3, 0.4) is 0 Å². The van der Waals surface area contributed by atoms with Crippen LogP contribution >= 0.6 is 11.6 Å². The van der Waals surface area contributed by atoms with E-state index in [1.807, 2.05) is 24.3 Å². The Hall–Kier alpha value is -1.48. The fraction of sp³-hybridized carbons (Fsp3) is 0.400. The molecule has 1 aliphatic rings. The smallest absolute Gasteiger partial charge is 0.270 e. The second kappa shape index (κ2) is 5.25. The topological polar surface area (TPSA) is 37.8 Å². The molecule has 2 aromatic rings. The Morgan fingerprint density at radius 3 is 2.79 bits per heavy atom. The van der Waals surface area contributed by atoms with Crippen LogP contribution in [0.5, 0.6) is 0 Å². The highest BCUT2D eigenvalue weighted by Crippen LogP contribution is 2.18. The van der Waals surface area contributed by atoms with Crippen molar-refractivity contribution in [3.05, 3.63) is 56.5 Å². The minimum Gasteiger partial charge on any atom is -0.299 e. The monoisotopic (exact) mass is 276 g/mol. The number of halogens is 1. The summed E-state index contributed by atoms with van der Waals surface area (Å²) in [5, 5.41) is 3.97. The Kier molecular flexibility index (Phi) is 3.47. The maximum atomic E-state index is 12.4. The van der Waals surface area contributed by atoms with Crippen molar-refractivity contribution in [1.82, 2.24) is 9.78 Å². The summed E-state index contributed by atoms with van der Waals surface area (Å²) in [6.07, 6.45) is 5.39. The molecular formula is C15H17ClN2O. The van der Waals surface area contributed by atoms with Gasteiger partial charge >= 0.3 is 0 Å². The number of aromatic amines is 1. The van der Waals surface area contributed by atoms with Gasteiger partial charge in [-0.25, -0.2) is 4.68 Å². The van der Waals surface area contributed by atoms with Crippen LogP contribution in [-0.4, -0.2) is 9.78 Å². The quantitative estimate of drug-likeness (QED) is 0.841. The molecule has 0 aliphatic heterocycles. The summed E-state index contributed by atoms with van der Waals surface area (Å²) in [7, 11) is 0. The Balaban J connectivity index is 1.94. The largest absolute Gasteiger partial charge is 0.299 e. The van der Waals surface area contributed by atoms with Gasteiger partial charge in [0, 0.05) is 16.3 Å². The number of nitrogens with zero attached hydrogens (tertiary/aromatic N) is 1. The Bertz CT molecular complexity index is 642. The molecule has 0 atom stereocenters. The zero-order valence-electron chi connectivity index (χ0n) is 10.8. The van der Waals surface area contributed by atoms with Crippen LogP contribution in [-0.2, 0) is 19.4 Å². The molecule has 1 aliphatic carbocycles. The van der Waals surface area contributed by atoms with E-state index in [4.69, 9.17) is 11.6 Å². The number of fused-ring (bicyclic) bond motifs is 1. The van der Waals surface area contributed by atoms with E-state index in [1.54, 1.807) is 4.68 Å². The minimum absolute atomic E-state index is 0.122.